The fourth-order valence-electron chi connectivity index (χ4n) is 2.82. The second-order valence-electron chi connectivity index (χ2n) is 5.51. The van der Waals surface area contributed by atoms with E-state index >= 15 is 0 Å². The monoisotopic (exact) mass is 327 g/mol. The number of hydrogen-bond donors (Lipinski definition) is 1. The van der Waals surface area contributed by atoms with Crippen molar-refractivity contribution in [3.8, 4) is 0 Å². The molecule has 0 radical (unpaired) electrons. The molecule has 3 rings (SSSR count). The van der Waals surface area contributed by atoms with E-state index in [-0.39, 0.29) is 17.7 Å². The zero-order chi connectivity index (χ0) is 14.8. The summed E-state index contributed by atoms with van der Waals surface area (Å²) in [6.45, 7) is 4.60. The molecule has 2 aliphatic heterocycles. The van der Waals surface area contributed by atoms with Crippen molar-refractivity contribution in [1.82, 2.24) is 15.1 Å². The highest BCUT2D eigenvalue weighted by Gasteiger charge is 2.32. The Bertz CT molecular complexity index is 540. The molecule has 0 saturated carbocycles. The zero-order valence-corrected chi connectivity index (χ0v) is 13.3. The third kappa shape index (κ3) is 3.56. The number of amides is 2. The minimum atomic E-state index is -0.167. The molecule has 0 aromatic carbocycles. The third-order valence-corrected chi connectivity index (χ3v) is 5.23. The molecule has 1 atom stereocenters. The largest absolute Gasteiger partial charge is 0.355 e. The van der Waals surface area contributed by atoms with Gasteiger partial charge in [-0.2, -0.15) is 0 Å². The lowest BCUT2D eigenvalue weighted by Gasteiger charge is -2.35. The lowest BCUT2D eigenvalue weighted by Crippen LogP contribution is -2.50. The zero-order valence-electron chi connectivity index (χ0n) is 11.7. The maximum Gasteiger partial charge on any atom is 0.228 e. The normalized spacial score (nSPS) is 23.4. The Morgan fingerprint density at radius 3 is 2.67 bits per heavy atom. The van der Waals surface area contributed by atoms with Crippen molar-refractivity contribution in [2.45, 2.75) is 13.0 Å². The summed E-state index contributed by atoms with van der Waals surface area (Å²) in [4.78, 5) is 29.0. The first-order chi connectivity index (χ1) is 10.1. The minimum absolute atomic E-state index is 0.0124. The highest BCUT2D eigenvalue weighted by atomic mass is 35.5. The van der Waals surface area contributed by atoms with Gasteiger partial charge in [0, 0.05) is 50.6 Å². The molecular weight excluding hydrogens is 310 g/mol. The Labute approximate surface area is 132 Å². The molecule has 114 valence electrons. The van der Waals surface area contributed by atoms with E-state index in [4.69, 9.17) is 11.6 Å². The Balaban J connectivity index is 1.48. The topological polar surface area (TPSA) is 52.7 Å². The lowest BCUT2D eigenvalue weighted by atomic mass is 10.1. The molecular formula is C14H18ClN3O2S. The molecule has 2 amide bonds. The molecule has 2 saturated heterocycles. The highest BCUT2D eigenvalue weighted by molar-refractivity contribution is 7.16. The maximum atomic E-state index is 12.3. The average molecular weight is 328 g/mol. The molecule has 0 spiro atoms. The van der Waals surface area contributed by atoms with Gasteiger partial charge in [0.2, 0.25) is 11.8 Å². The summed E-state index contributed by atoms with van der Waals surface area (Å²) in [5, 5.41) is 2.73. The molecule has 21 heavy (non-hydrogen) atoms. The predicted octanol–water partition coefficient (Wildman–Crippen LogP) is 1.18. The van der Waals surface area contributed by atoms with E-state index in [1.807, 2.05) is 11.0 Å². The Morgan fingerprint density at radius 2 is 2.10 bits per heavy atom. The highest BCUT2D eigenvalue weighted by Crippen LogP contribution is 2.23. The number of carbonyl (C=O) groups is 2. The molecule has 1 unspecified atom stereocenters. The number of carbonyl (C=O) groups excluding carboxylic acids is 2. The molecule has 3 heterocycles. The molecule has 1 aromatic rings. The summed E-state index contributed by atoms with van der Waals surface area (Å²) in [7, 11) is 0. The smallest absolute Gasteiger partial charge is 0.228 e. The molecule has 0 aliphatic carbocycles. The fraction of sp³-hybridized carbons (Fsp3) is 0.571. The van der Waals surface area contributed by atoms with Crippen molar-refractivity contribution in [1.29, 1.82) is 0 Å². The van der Waals surface area contributed by atoms with Gasteiger partial charge in [-0.15, -0.1) is 11.3 Å². The molecule has 2 aliphatic rings. The van der Waals surface area contributed by atoms with Gasteiger partial charge in [0.25, 0.3) is 0 Å². The fourth-order valence-corrected chi connectivity index (χ4v) is 3.95. The van der Waals surface area contributed by atoms with Gasteiger partial charge in [0.1, 0.15) is 0 Å². The van der Waals surface area contributed by atoms with E-state index in [1.54, 1.807) is 11.3 Å². The van der Waals surface area contributed by atoms with E-state index in [9.17, 15) is 9.59 Å². The van der Waals surface area contributed by atoms with Crippen LogP contribution < -0.4 is 5.32 Å². The molecule has 0 bridgehead atoms. The Kier molecular flexibility index (Phi) is 4.47. The summed E-state index contributed by atoms with van der Waals surface area (Å²) in [5.74, 6) is -0.0612. The first-order valence-electron chi connectivity index (χ1n) is 7.14. The van der Waals surface area contributed by atoms with Gasteiger partial charge in [0.15, 0.2) is 0 Å². The van der Waals surface area contributed by atoms with Crippen LogP contribution in [0.3, 0.4) is 0 Å². The third-order valence-electron chi connectivity index (χ3n) is 4.02. The Morgan fingerprint density at radius 1 is 1.33 bits per heavy atom. The van der Waals surface area contributed by atoms with Crippen molar-refractivity contribution < 1.29 is 9.59 Å². The second kappa shape index (κ2) is 6.34. The number of rotatable bonds is 3. The van der Waals surface area contributed by atoms with Crippen LogP contribution in [0, 0.1) is 5.92 Å². The predicted molar refractivity (Wildman–Crippen MR) is 82.3 cm³/mol. The number of nitrogens with zero attached hydrogens (tertiary/aromatic N) is 2. The van der Waals surface area contributed by atoms with E-state index in [1.165, 1.54) is 4.88 Å². The van der Waals surface area contributed by atoms with E-state index in [2.05, 4.69) is 16.3 Å². The molecule has 1 N–H and O–H groups in total. The van der Waals surface area contributed by atoms with E-state index in [0.29, 0.717) is 13.0 Å². The number of nitrogens with one attached hydrogen (secondary N) is 1. The van der Waals surface area contributed by atoms with Crippen LogP contribution in [-0.4, -0.2) is 54.3 Å². The standard InChI is InChI=1S/C14H18ClN3O2S/c15-12-2-1-11(21-12)9-17-3-5-18(6-4-17)14(20)10-7-13(19)16-8-10/h1-2,10H,3-9H2,(H,16,19). The molecule has 5 nitrogen and oxygen atoms in total. The summed E-state index contributed by atoms with van der Waals surface area (Å²) in [6.07, 6.45) is 0.340. The second-order valence-corrected chi connectivity index (χ2v) is 7.31. The van der Waals surface area contributed by atoms with Crippen LogP contribution in [-0.2, 0) is 16.1 Å². The van der Waals surface area contributed by atoms with Crippen molar-refractivity contribution >= 4 is 34.8 Å². The van der Waals surface area contributed by atoms with Crippen molar-refractivity contribution in [3.63, 3.8) is 0 Å². The van der Waals surface area contributed by atoms with Crippen LogP contribution in [0.15, 0.2) is 12.1 Å². The molecule has 2 fully saturated rings. The molecule has 1 aromatic heterocycles. The maximum absolute atomic E-state index is 12.3. The van der Waals surface area contributed by atoms with Crippen LogP contribution >= 0.6 is 22.9 Å². The minimum Gasteiger partial charge on any atom is -0.355 e. The van der Waals surface area contributed by atoms with Crippen LogP contribution in [0.5, 0.6) is 0 Å². The quantitative estimate of drug-likeness (QED) is 0.907. The average Bonchev–Trinajstić information content (AvgIpc) is 3.08. The van der Waals surface area contributed by atoms with Crippen LogP contribution in [0.4, 0.5) is 0 Å². The van der Waals surface area contributed by atoms with Gasteiger partial charge in [-0.25, -0.2) is 0 Å². The van der Waals surface area contributed by atoms with Gasteiger partial charge in [-0.1, -0.05) is 11.6 Å². The van der Waals surface area contributed by atoms with E-state index in [0.717, 1.165) is 37.1 Å². The number of hydrogen-bond acceptors (Lipinski definition) is 4. The summed E-state index contributed by atoms with van der Waals surface area (Å²) < 4.78 is 0.817. The lowest BCUT2D eigenvalue weighted by molar-refractivity contribution is -0.137. The van der Waals surface area contributed by atoms with Gasteiger partial charge < -0.3 is 10.2 Å². The summed E-state index contributed by atoms with van der Waals surface area (Å²) >= 11 is 7.55. The van der Waals surface area contributed by atoms with Crippen molar-refractivity contribution in [2.75, 3.05) is 32.7 Å². The van der Waals surface area contributed by atoms with Gasteiger partial charge in [0.05, 0.1) is 10.3 Å². The first-order valence-corrected chi connectivity index (χ1v) is 8.33. The van der Waals surface area contributed by atoms with Crippen molar-refractivity contribution in [2.24, 2.45) is 5.92 Å². The summed E-state index contributed by atoms with van der Waals surface area (Å²) in [6, 6.07) is 3.98. The number of piperazine rings is 1. The SMILES string of the molecule is O=C1CC(C(=O)N2CCN(Cc3ccc(Cl)s3)CC2)CN1. The van der Waals surface area contributed by atoms with Crippen LogP contribution in [0.25, 0.3) is 0 Å². The van der Waals surface area contributed by atoms with Crippen LogP contribution in [0.1, 0.15) is 11.3 Å². The first kappa shape index (κ1) is 14.8. The van der Waals surface area contributed by atoms with E-state index < -0.39 is 0 Å². The number of thiophene rings is 1. The van der Waals surface area contributed by atoms with Crippen molar-refractivity contribution in [3.05, 3.63) is 21.3 Å². The van der Waals surface area contributed by atoms with Crippen LogP contribution in [0.2, 0.25) is 4.34 Å². The molecule has 7 heteroatoms. The number of halogens is 1. The van der Waals surface area contributed by atoms with Gasteiger partial charge >= 0.3 is 0 Å². The van der Waals surface area contributed by atoms with Gasteiger partial charge in [-0.3, -0.25) is 14.5 Å². The van der Waals surface area contributed by atoms with Gasteiger partial charge in [-0.05, 0) is 12.1 Å². The Hall–Kier alpha value is -1.11. The summed E-state index contributed by atoms with van der Waals surface area (Å²) in [5.41, 5.74) is 0.